The number of amides is 4. The van der Waals surface area contributed by atoms with Crippen LogP contribution >= 0.6 is 0 Å². The number of ketones is 1. The summed E-state index contributed by atoms with van der Waals surface area (Å²) in [5.74, 6) is -2.01. The van der Waals surface area contributed by atoms with Crippen LogP contribution in [0.15, 0.2) is 35.4 Å². The third-order valence-corrected chi connectivity index (χ3v) is 8.21. The molecule has 1 aromatic rings. The molecule has 10 heteroatoms. The lowest BCUT2D eigenvalue weighted by Gasteiger charge is -2.25. The van der Waals surface area contributed by atoms with Crippen LogP contribution in [0.4, 0.5) is 5.69 Å². The molecule has 0 aromatic heterocycles. The first-order chi connectivity index (χ1) is 22.5. The highest BCUT2D eigenvalue weighted by Gasteiger charge is 2.46. The summed E-state index contributed by atoms with van der Waals surface area (Å²) in [6.07, 6.45) is 0.994. The highest BCUT2D eigenvalue weighted by atomic mass is 16.5. The van der Waals surface area contributed by atoms with Gasteiger partial charge in [0.15, 0.2) is 5.78 Å². The molecule has 2 rings (SSSR count). The average molecular weight is 684 g/mol. The Labute approximate surface area is 294 Å². The molecular formula is C39H61N3O7. The maximum absolute atomic E-state index is 13.1. The first kappa shape index (κ1) is 41.8. The van der Waals surface area contributed by atoms with Crippen molar-refractivity contribution in [2.45, 2.75) is 108 Å². The maximum atomic E-state index is 13.1. The largest absolute Gasteiger partial charge is 0.379 e. The predicted molar refractivity (Wildman–Crippen MR) is 193 cm³/mol. The highest BCUT2D eigenvalue weighted by Crippen LogP contribution is 2.42. The Bertz CT molecular complexity index is 1320. The molecule has 1 aliphatic rings. The Kier molecular flexibility index (Phi) is 14.9. The van der Waals surface area contributed by atoms with Gasteiger partial charge in [-0.2, -0.15) is 0 Å². The Morgan fingerprint density at radius 1 is 0.755 bits per heavy atom. The number of carbonyl (C=O) groups is 5. The summed E-state index contributed by atoms with van der Waals surface area (Å²) in [5.41, 5.74) is 2.24. The van der Waals surface area contributed by atoms with E-state index in [1.807, 2.05) is 79.7 Å². The van der Waals surface area contributed by atoms with E-state index in [1.54, 1.807) is 6.92 Å². The smallest absolute Gasteiger partial charge is 0.257 e. The molecule has 0 bridgehead atoms. The number of nitrogens with zero attached hydrogens (tertiary/aromatic N) is 1. The van der Waals surface area contributed by atoms with Crippen LogP contribution in [0.25, 0.3) is 0 Å². The summed E-state index contributed by atoms with van der Waals surface area (Å²) >= 11 is 0. The van der Waals surface area contributed by atoms with Crippen LogP contribution in [0.1, 0.15) is 101 Å². The second kappa shape index (κ2) is 17.5. The van der Waals surface area contributed by atoms with Crippen molar-refractivity contribution in [3.8, 4) is 0 Å². The van der Waals surface area contributed by atoms with E-state index in [0.29, 0.717) is 16.8 Å². The Balaban J connectivity index is 1.72. The first-order valence-corrected chi connectivity index (χ1v) is 17.5. The summed E-state index contributed by atoms with van der Waals surface area (Å²) < 4.78 is 11.2. The fraction of sp³-hybridized carbons (Fsp3) is 0.667. The van der Waals surface area contributed by atoms with E-state index in [-0.39, 0.29) is 86.6 Å². The summed E-state index contributed by atoms with van der Waals surface area (Å²) in [6, 6.07) is 7.04. The predicted octanol–water partition coefficient (Wildman–Crippen LogP) is 6.13. The van der Waals surface area contributed by atoms with Gasteiger partial charge in [-0.15, -0.1) is 0 Å². The molecule has 0 spiro atoms. The highest BCUT2D eigenvalue weighted by molar-refractivity contribution is 6.20. The van der Waals surface area contributed by atoms with Crippen LogP contribution in [0.5, 0.6) is 0 Å². The SMILES string of the molecule is CC(C)[C@H](NC(=O)CCOCCOCCN1C(=O)C(C(C)(C)C)=C(C(C)(C)C)C1=O)C(=O)C[C@@H](C)C(=O)Nc1ccc(CC(C)(C)C)cc1. The molecule has 0 saturated carbocycles. The van der Waals surface area contributed by atoms with Gasteiger partial charge in [0.05, 0.1) is 39.0 Å². The number of anilines is 1. The van der Waals surface area contributed by atoms with Crippen molar-refractivity contribution in [2.24, 2.45) is 28.1 Å². The molecule has 1 aromatic carbocycles. The molecular weight excluding hydrogens is 622 g/mol. The van der Waals surface area contributed by atoms with Gasteiger partial charge in [0, 0.05) is 35.6 Å². The van der Waals surface area contributed by atoms with Crippen LogP contribution in [0.3, 0.4) is 0 Å². The van der Waals surface area contributed by atoms with Crippen molar-refractivity contribution in [2.75, 3.05) is 38.3 Å². The van der Waals surface area contributed by atoms with Gasteiger partial charge in [-0.25, -0.2) is 0 Å². The number of nitrogens with one attached hydrogen (secondary N) is 2. The lowest BCUT2D eigenvalue weighted by Crippen LogP contribution is -2.45. The topological polar surface area (TPSA) is 131 Å². The Morgan fingerprint density at radius 3 is 1.73 bits per heavy atom. The molecule has 274 valence electrons. The summed E-state index contributed by atoms with van der Waals surface area (Å²) in [5, 5.41) is 5.70. The molecule has 0 unspecified atom stereocenters. The van der Waals surface area contributed by atoms with E-state index in [2.05, 4.69) is 31.4 Å². The number of benzene rings is 1. The number of hydrogen-bond donors (Lipinski definition) is 2. The lowest BCUT2D eigenvalue weighted by atomic mass is 9.76. The van der Waals surface area contributed by atoms with E-state index in [1.165, 1.54) is 10.5 Å². The molecule has 10 nitrogen and oxygen atoms in total. The van der Waals surface area contributed by atoms with E-state index in [4.69, 9.17) is 9.47 Å². The van der Waals surface area contributed by atoms with Gasteiger partial charge in [0.25, 0.3) is 11.8 Å². The summed E-state index contributed by atoms with van der Waals surface area (Å²) in [6.45, 7) is 24.5. The lowest BCUT2D eigenvalue weighted by molar-refractivity contribution is -0.139. The quantitative estimate of drug-likeness (QED) is 0.149. The number of imide groups is 1. The van der Waals surface area contributed by atoms with Crippen molar-refractivity contribution < 1.29 is 33.4 Å². The summed E-state index contributed by atoms with van der Waals surface area (Å²) in [7, 11) is 0. The average Bonchev–Trinajstić information content (AvgIpc) is 3.23. The fourth-order valence-electron chi connectivity index (χ4n) is 5.78. The van der Waals surface area contributed by atoms with Crippen LogP contribution in [0.2, 0.25) is 0 Å². The number of ether oxygens (including phenoxy) is 2. The zero-order chi connectivity index (χ0) is 37.3. The van der Waals surface area contributed by atoms with Gasteiger partial charge in [-0.3, -0.25) is 28.9 Å². The van der Waals surface area contributed by atoms with Crippen molar-refractivity contribution in [1.82, 2.24) is 10.2 Å². The first-order valence-electron chi connectivity index (χ1n) is 17.5. The fourth-order valence-corrected chi connectivity index (χ4v) is 5.78. The molecule has 0 aliphatic carbocycles. The van der Waals surface area contributed by atoms with Gasteiger partial charge in [0.1, 0.15) is 0 Å². The molecule has 1 aliphatic heterocycles. The number of hydrogen-bond acceptors (Lipinski definition) is 7. The second-order valence-electron chi connectivity index (χ2n) is 16.8. The van der Waals surface area contributed by atoms with Crippen LogP contribution in [-0.4, -0.2) is 73.3 Å². The minimum Gasteiger partial charge on any atom is -0.379 e. The molecule has 4 amide bonds. The molecule has 2 atom stereocenters. The summed E-state index contributed by atoms with van der Waals surface area (Å²) in [4.78, 5) is 66.1. The Morgan fingerprint density at radius 2 is 1.27 bits per heavy atom. The zero-order valence-corrected chi connectivity index (χ0v) is 32.0. The van der Waals surface area contributed by atoms with E-state index < -0.39 is 22.8 Å². The molecule has 2 N–H and O–H groups in total. The minimum atomic E-state index is -0.717. The monoisotopic (exact) mass is 683 g/mol. The second-order valence-corrected chi connectivity index (χ2v) is 16.8. The molecule has 0 radical (unpaired) electrons. The normalized spacial score (nSPS) is 15.6. The standard InChI is InChI=1S/C39H61N3O7/c1-25(2)33(29(43)23-26(3)34(45)40-28-15-13-27(14-16-28)24-37(4,5)6)41-30(44)17-19-48-21-22-49-20-18-42-35(46)31(38(7,8)9)32(36(42)47)39(10,11)12/h13-16,25-26,33H,17-24H2,1-12H3,(H,40,45)(H,41,44)/t26-,33+/m1/s1. The third kappa shape index (κ3) is 13.1. The molecule has 0 saturated heterocycles. The third-order valence-electron chi connectivity index (χ3n) is 8.21. The van der Waals surface area contributed by atoms with Gasteiger partial charge < -0.3 is 20.1 Å². The molecule has 0 fully saturated rings. The number of Topliss-reactive ketones (excluding diaryl/α,β-unsaturated/α-hetero) is 1. The number of rotatable bonds is 17. The van der Waals surface area contributed by atoms with Gasteiger partial charge in [-0.1, -0.05) is 95.2 Å². The van der Waals surface area contributed by atoms with Crippen molar-refractivity contribution in [3.63, 3.8) is 0 Å². The van der Waals surface area contributed by atoms with Crippen molar-refractivity contribution >= 4 is 35.1 Å². The van der Waals surface area contributed by atoms with E-state index in [9.17, 15) is 24.0 Å². The van der Waals surface area contributed by atoms with Crippen LogP contribution < -0.4 is 10.6 Å². The Hall–Kier alpha value is -3.37. The van der Waals surface area contributed by atoms with Crippen molar-refractivity contribution in [1.29, 1.82) is 0 Å². The van der Waals surface area contributed by atoms with E-state index >= 15 is 0 Å². The zero-order valence-electron chi connectivity index (χ0n) is 32.0. The van der Waals surface area contributed by atoms with Gasteiger partial charge in [0.2, 0.25) is 11.8 Å². The maximum Gasteiger partial charge on any atom is 0.257 e. The molecule has 49 heavy (non-hydrogen) atoms. The van der Waals surface area contributed by atoms with Crippen LogP contribution in [0, 0.1) is 28.1 Å². The molecule has 1 heterocycles. The van der Waals surface area contributed by atoms with Crippen LogP contribution in [-0.2, 0) is 39.9 Å². The number of carbonyl (C=O) groups excluding carboxylic acids is 5. The van der Waals surface area contributed by atoms with Crippen molar-refractivity contribution in [3.05, 3.63) is 41.0 Å². The van der Waals surface area contributed by atoms with Gasteiger partial charge >= 0.3 is 0 Å². The van der Waals surface area contributed by atoms with Gasteiger partial charge in [-0.05, 0) is 46.3 Å². The minimum absolute atomic E-state index is 0.00459. The van der Waals surface area contributed by atoms with E-state index in [0.717, 1.165) is 6.42 Å².